The van der Waals surface area contributed by atoms with Gasteiger partial charge in [-0.15, -0.1) is 0 Å². The Balaban J connectivity index is 1.39. The molecule has 9 heteroatoms. The number of sulfonamides is 1. The van der Waals surface area contributed by atoms with E-state index in [0.29, 0.717) is 24.5 Å². The van der Waals surface area contributed by atoms with E-state index in [4.69, 9.17) is 16.3 Å². The topological polar surface area (TPSA) is 95.9 Å². The Kier molecular flexibility index (Phi) is 11.0. The van der Waals surface area contributed by atoms with Gasteiger partial charge in [0, 0.05) is 24.5 Å². The molecule has 0 radical (unpaired) electrons. The number of likely N-dealkylation sites (tertiary alicyclic amines) is 1. The highest BCUT2D eigenvalue weighted by molar-refractivity contribution is 7.89. The lowest BCUT2D eigenvalue weighted by molar-refractivity contribution is -0.136. The van der Waals surface area contributed by atoms with E-state index < -0.39 is 16.0 Å². The molecule has 0 unspecified atom stereocenters. The van der Waals surface area contributed by atoms with Gasteiger partial charge >= 0.3 is 5.97 Å². The van der Waals surface area contributed by atoms with E-state index in [2.05, 4.69) is 27.8 Å². The molecular weight excluding hydrogens is 548 g/mol. The molecule has 1 aliphatic heterocycles. The van der Waals surface area contributed by atoms with Gasteiger partial charge in [-0.25, -0.2) is 13.1 Å². The number of nitrogens with one attached hydrogen (secondary N) is 1. The van der Waals surface area contributed by atoms with Crippen LogP contribution >= 0.6 is 11.6 Å². The first kappa shape index (κ1) is 30.1. The van der Waals surface area contributed by atoms with Crippen LogP contribution < -0.4 is 9.46 Å². The fourth-order valence-electron chi connectivity index (χ4n) is 4.97. The quantitative estimate of drug-likeness (QED) is 0.257. The van der Waals surface area contributed by atoms with Crippen molar-refractivity contribution in [1.82, 2.24) is 9.62 Å². The van der Waals surface area contributed by atoms with Crippen molar-refractivity contribution in [2.75, 3.05) is 32.8 Å². The first-order valence-electron chi connectivity index (χ1n) is 13.8. The average Bonchev–Trinajstić information content (AvgIpc) is 3.45. The fraction of sp³-hybridized carbons (Fsp3) is 0.387. The number of halogens is 1. The van der Waals surface area contributed by atoms with Crippen molar-refractivity contribution in [3.63, 3.8) is 0 Å². The van der Waals surface area contributed by atoms with Crippen LogP contribution in [-0.4, -0.2) is 57.2 Å². The lowest BCUT2D eigenvalue weighted by atomic mass is 9.96. The molecule has 1 aliphatic rings. The Morgan fingerprint density at radius 1 is 0.900 bits per heavy atom. The summed E-state index contributed by atoms with van der Waals surface area (Å²) in [5, 5.41) is 9.66. The summed E-state index contributed by atoms with van der Waals surface area (Å²) in [6.45, 7) is 4.12. The van der Waals surface area contributed by atoms with Gasteiger partial charge in [0.2, 0.25) is 10.0 Å². The van der Waals surface area contributed by atoms with Gasteiger partial charge in [-0.2, -0.15) is 0 Å². The van der Waals surface area contributed by atoms with E-state index in [9.17, 15) is 18.3 Å². The second-order valence-corrected chi connectivity index (χ2v) is 12.4. The van der Waals surface area contributed by atoms with Gasteiger partial charge in [0.25, 0.3) is 0 Å². The zero-order valence-electron chi connectivity index (χ0n) is 22.6. The maximum atomic E-state index is 12.7. The zero-order chi connectivity index (χ0) is 28.4. The third-order valence-electron chi connectivity index (χ3n) is 7.09. The summed E-state index contributed by atoms with van der Waals surface area (Å²) in [5.41, 5.74) is 4.12. The third-order valence-corrected chi connectivity index (χ3v) is 8.82. The predicted octanol–water partition coefficient (Wildman–Crippen LogP) is 5.14. The van der Waals surface area contributed by atoms with Crippen LogP contribution in [0.4, 0.5) is 0 Å². The molecule has 0 atom stereocenters. The molecule has 2 N–H and O–H groups in total. The SMILES string of the molecule is O=C(O)CCc1cc(CCNS(=O)(=O)c2ccc(Cl)cc2)cc(CCc2ccccc2OCCN2CCCC2)c1. The maximum Gasteiger partial charge on any atom is 0.303 e. The number of ether oxygens (including phenoxy) is 1. The van der Waals surface area contributed by atoms with Gasteiger partial charge in [-0.3, -0.25) is 9.69 Å². The molecule has 7 nitrogen and oxygen atoms in total. The highest BCUT2D eigenvalue weighted by atomic mass is 35.5. The first-order chi connectivity index (χ1) is 19.3. The number of carboxylic acid groups (broad SMARTS) is 1. The van der Waals surface area contributed by atoms with Crippen LogP contribution in [0, 0.1) is 0 Å². The summed E-state index contributed by atoms with van der Waals surface area (Å²) in [5.74, 6) is 0.0586. The van der Waals surface area contributed by atoms with Gasteiger partial charge in [-0.05, 0) is 104 Å². The molecule has 214 valence electrons. The maximum absolute atomic E-state index is 12.7. The Labute approximate surface area is 242 Å². The molecule has 3 aromatic rings. The molecule has 0 aliphatic carbocycles. The number of aryl methyl sites for hydroxylation is 3. The van der Waals surface area contributed by atoms with E-state index in [-0.39, 0.29) is 17.9 Å². The van der Waals surface area contributed by atoms with Crippen molar-refractivity contribution in [2.45, 2.75) is 49.8 Å². The van der Waals surface area contributed by atoms with Crippen molar-refractivity contribution in [1.29, 1.82) is 0 Å². The normalized spacial score (nSPS) is 13.9. The standard InChI is InChI=1S/C31H37ClN2O5S/c32-28-10-12-29(13-11-28)40(37,38)33-16-15-26-22-24(21-25(23-26)8-14-31(35)36)7-9-27-5-1-2-6-30(27)39-20-19-34-17-3-4-18-34/h1-2,5-6,10-13,21-23,33H,3-4,7-9,14-20H2,(H,35,36). The van der Waals surface area contributed by atoms with Crippen LogP contribution in [-0.2, 0) is 40.5 Å². The van der Waals surface area contributed by atoms with E-state index in [1.165, 1.54) is 25.0 Å². The average molecular weight is 585 g/mol. The van der Waals surface area contributed by atoms with E-state index >= 15 is 0 Å². The van der Waals surface area contributed by atoms with Gasteiger partial charge in [0.1, 0.15) is 12.4 Å². The molecule has 1 fully saturated rings. The molecule has 0 saturated carbocycles. The lowest BCUT2D eigenvalue weighted by Gasteiger charge is -2.17. The number of benzene rings is 3. The van der Waals surface area contributed by atoms with E-state index in [1.54, 1.807) is 12.1 Å². The monoisotopic (exact) mass is 584 g/mol. The van der Waals surface area contributed by atoms with Crippen molar-refractivity contribution in [2.24, 2.45) is 0 Å². The summed E-state index contributed by atoms with van der Waals surface area (Å²) in [6.07, 6.45) is 5.01. The predicted molar refractivity (Wildman–Crippen MR) is 158 cm³/mol. The third kappa shape index (κ3) is 9.34. The molecular formula is C31H37ClN2O5S. The van der Waals surface area contributed by atoms with Crippen LogP contribution in [0.15, 0.2) is 71.6 Å². The number of para-hydroxylation sites is 1. The lowest BCUT2D eigenvalue weighted by Crippen LogP contribution is -2.26. The number of aliphatic carboxylic acids is 1. The Bertz CT molecular complexity index is 1370. The minimum absolute atomic E-state index is 0.0414. The van der Waals surface area contributed by atoms with Crippen LogP contribution in [0.2, 0.25) is 5.02 Å². The second kappa shape index (κ2) is 14.6. The molecule has 4 rings (SSSR count). The molecule has 1 heterocycles. The largest absolute Gasteiger partial charge is 0.492 e. The summed E-state index contributed by atoms with van der Waals surface area (Å²) in [6, 6.07) is 20.3. The van der Waals surface area contributed by atoms with Crippen LogP contribution in [0.1, 0.15) is 41.5 Å². The Morgan fingerprint density at radius 2 is 1.55 bits per heavy atom. The van der Waals surface area contributed by atoms with Gasteiger partial charge in [0.05, 0.1) is 4.90 Å². The van der Waals surface area contributed by atoms with Crippen LogP contribution in [0.25, 0.3) is 0 Å². The zero-order valence-corrected chi connectivity index (χ0v) is 24.2. The Hall–Kier alpha value is -2.91. The van der Waals surface area contributed by atoms with Crippen LogP contribution in [0.5, 0.6) is 5.75 Å². The smallest absolute Gasteiger partial charge is 0.303 e. The summed E-state index contributed by atoms with van der Waals surface area (Å²) >= 11 is 5.88. The number of carboxylic acids is 1. The van der Waals surface area contributed by atoms with Gasteiger partial charge in [0.15, 0.2) is 0 Å². The minimum atomic E-state index is -3.66. The van der Waals surface area contributed by atoms with E-state index in [1.807, 2.05) is 24.3 Å². The number of hydrogen-bond donors (Lipinski definition) is 2. The number of carbonyl (C=O) groups is 1. The molecule has 0 bridgehead atoms. The molecule has 40 heavy (non-hydrogen) atoms. The van der Waals surface area contributed by atoms with Gasteiger partial charge < -0.3 is 9.84 Å². The minimum Gasteiger partial charge on any atom is -0.492 e. The van der Waals surface area contributed by atoms with Crippen molar-refractivity contribution in [3.05, 3.63) is 94.0 Å². The van der Waals surface area contributed by atoms with Crippen molar-refractivity contribution in [3.8, 4) is 5.75 Å². The van der Waals surface area contributed by atoms with Crippen molar-refractivity contribution < 1.29 is 23.1 Å². The highest BCUT2D eigenvalue weighted by Gasteiger charge is 2.14. The summed E-state index contributed by atoms with van der Waals surface area (Å²) < 4.78 is 34.1. The second-order valence-electron chi connectivity index (χ2n) is 10.2. The molecule has 0 aromatic heterocycles. The summed E-state index contributed by atoms with van der Waals surface area (Å²) in [7, 11) is -3.66. The highest BCUT2D eigenvalue weighted by Crippen LogP contribution is 2.22. The van der Waals surface area contributed by atoms with E-state index in [0.717, 1.165) is 60.5 Å². The van der Waals surface area contributed by atoms with Gasteiger partial charge in [-0.1, -0.05) is 48.0 Å². The number of hydrogen-bond acceptors (Lipinski definition) is 5. The summed E-state index contributed by atoms with van der Waals surface area (Å²) in [4.78, 5) is 13.8. The van der Waals surface area contributed by atoms with Crippen molar-refractivity contribution >= 4 is 27.6 Å². The molecule has 0 spiro atoms. The molecule has 1 saturated heterocycles. The van der Waals surface area contributed by atoms with Crippen LogP contribution in [0.3, 0.4) is 0 Å². The fourth-order valence-corrected chi connectivity index (χ4v) is 6.13. The first-order valence-corrected chi connectivity index (χ1v) is 15.7. The molecule has 0 amide bonds. The molecule has 3 aromatic carbocycles. The number of nitrogens with zero attached hydrogens (tertiary/aromatic N) is 1. The number of rotatable bonds is 15. The Morgan fingerprint density at radius 3 is 2.25 bits per heavy atom.